The van der Waals surface area contributed by atoms with E-state index in [1.807, 2.05) is 29.2 Å². The Balaban J connectivity index is 1.20. The van der Waals surface area contributed by atoms with Crippen LogP contribution >= 0.6 is 0 Å². The molecule has 31 heavy (non-hydrogen) atoms. The number of nitrogens with zero attached hydrogens (tertiary/aromatic N) is 2. The average Bonchev–Trinajstić information content (AvgIpc) is 3.35. The Bertz CT molecular complexity index is 1070. The maximum absolute atomic E-state index is 12.5. The lowest BCUT2D eigenvalue weighted by Crippen LogP contribution is -2.45. The number of rotatable bonds is 4. The van der Waals surface area contributed by atoms with Crippen LogP contribution in [0.4, 0.5) is 5.82 Å². The van der Waals surface area contributed by atoms with Crippen molar-refractivity contribution in [3.05, 3.63) is 54.7 Å². The molecule has 3 heterocycles. The largest absolute Gasteiger partial charge is 0.490 e. The predicted octanol–water partition coefficient (Wildman–Crippen LogP) is 4.03. The smallest absolute Gasteiger partial charge is 0.251 e. The van der Waals surface area contributed by atoms with Gasteiger partial charge >= 0.3 is 0 Å². The van der Waals surface area contributed by atoms with E-state index < -0.39 is 0 Å². The topological polar surface area (TPSA) is 77.7 Å². The molecule has 160 valence electrons. The van der Waals surface area contributed by atoms with E-state index in [2.05, 4.69) is 29.2 Å². The van der Waals surface area contributed by atoms with E-state index in [4.69, 9.17) is 15.2 Å². The quantitative estimate of drug-likeness (QED) is 0.693. The molecule has 0 radical (unpaired) electrons. The fourth-order valence-electron chi connectivity index (χ4n) is 4.47. The van der Waals surface area contributed by atoms with E-state index in [-0.39, 0.29) is 18.1 Å². The first-order chi connectivity index (χ1) is 15.2. The van der Waals surface area contributed by atoms with Gasteiger partial charge in [0.2, 0.25) is 0 Å². The molecule has 6 nitrogen and oxygen atoms in total. The van der Waals surface area contributed by atoms with Gasteiger partial charge in [-0.1, -0.05) is 24.3 Å². The number of hydrogen-bond donors (Lipinski definition) is 1. The minimum atomic E-state index is -0.229. The average molecular weight is 418 g/mol. The third-order valence-corrected chi connectivity index (χ3v) is 6.24. The number of carbonyl (C=O) groups excluding carboxylic acids is 1. The first-order valence-corrected chi connectivity index (χ1v) is 11.0. The van der Waals surface area contributed by atoms with Gasteiger partial charge in [-0.15, -0.1) is 0 Å². The monoisotopic (exact) mass is 417 g/mol. The van der Waals surface area contributed by atoms with Gasteiger partial charge in [0.1, 0.15) is 23.8 Å². The molecule has 2 aliphatic heterocycles. The van der Waals surface area contributed by atoms with Gasteiger partial charge in [-0.2, -0.15) is 0 Å². The second kappa shape index (κ2) is 8.55. The molecule has 0 saturated carbocycles. The molecule has 3 aromatic rings. The number of anilines is 1. The molecule has 0 bridgehead atoms. The van der Waals surface area contributed by atoms with Crippen LogP contribution in [0.3, 0.4) is 0 Å². The maximum Gasteiger partial charge on any atom is 0.251 e. The van der Waals surface area contributed by atoms with Crippen LogP contribution < -0.4 is 10.5 Å². The number of ether oxygens (including phenoxy) is 2. The lowest BCUT2D eigenvalue weighted by molar-refractivity contribution is -0.142. The Morgan fingerprint density at radius 2 is 1.81 bits per heavy atom. The van der Waals surface area contributed by atoms with Gasteiger partial charge < -0.3 is 20.1 Å². The van der Waals surface area contributed by atoms with Crippen molar-refractivity contribution in [1.29, 1.82) is 0 Å². The fraction of sp³-hybridized carbons (Fsp3) is 0.360. The molecular weight excluding hydrogens is 390 g/mol. The molecule has 2 saturated heterocycles. The number of amides is 1. The molecule has 0 spiro atoms. The number of fused-ring (bicyclic) bond motifs is 1. The molecule has 1 aromatic heterocycles. The number of pyridine rings is 1. The van der Waals surface area contributed by atoms with Gasteiger partial charge in [0.25, 0.3) is 5.91 Å². The zero-order valence-corrected chi connectivity index (χ0v) is 17.5. The lowest BCUT2D eigenvalue weighted by atomic mass is 10.0. The molecule has 2 fully saturated rings. The van der Waals surface area contributed by atoms with Gasteiger partial charge in [0.05, 0.1) is 0 Å². The van der Waals surface area contributed by atoms with Crippen molar-refractivity contribution in [2.45, 2.75) is 37.9 Å². The normalized spacial score (nSPS) is 19.6. The Kier molecular flexibility index (Phi) is 5.47. The summed E-state index contributed by atoms with van der Waals surface area (Å²) in [7, 11) is 0. The number of nitrogens with two attached hydrogens (primary N) is 1. The summed E-state index contributed by atoms with van der Waals surface area (Å²) in [6.45, 7) is 2.17. The van der Waals surface area contributed by atoms with E-state index in [0.29, 0.717) is 12.4 Å². The van der Waals surface area contributed by atoms with Gasteiger partial charge in [-0.05, 0) is 53.6 Å². The summed E-state index contributed by atoms with van der Waals surface area (Å²) in [5.74, 6) is 1.56. The maximum atomic E-state index is 12.5. The molecule has 6 heteroatoms. The molecule has 0 aliphatic carbocycles. The number of hydrogen-bond acceptors (Lipinski definition) is 5. The Labute approximate surface area is 182 Å². The van der Waals surface area contributed by atoms with Crippen molar-refractivity contribution in [3.8, 4) is 16.9 Å². The second-order valence-corrected chi connectivity index (χ2v) is 8.30. The molecule has 2 aromatic carbocycles. The van der Waals surface area contributed by atoms with Crippen LogP contribution in [0.25, 0.3) is 21.9 Å². The standard InChI is InChI=1S/C25H27N3O3/c26-24-22-8-5-18(16-19(22)9-12-27-24)17-3-6-20(7-4-17)31-21-10-13-28(14-11-21)25(29)23-2-1-15-30-23/h3-9,12,16,21,23H,1-2,10-11,13-15H2,(H2,26,27)/t23-/m1/s1. The highest BCUT2D eigenvalue weighted by molar-refractivity contribution is 5.93. The zero-order valence-electron chi connectivity index (χ0n) is 17.5. The van der Waals surface area contributed by atoms with Crippen molar-refractivity contribution in [2.75, 3.05) is 25.4 Å². The van der Waals surface area contributed by atoms with Gasteiger partial charge in [-0.25, -0.2) is 4.98 Å². The van der Waals surface area contributed by atoms with Crippen LogP contribution in [0.5, 0.6) is 5.75 Å². The fourth-order valence-corrected chi connectivity index (χ4v) is 4.47. The molecule has 1 atom stereocenters. The summed E-state index contributed by atoms with van der Waals surface area (Å²) >= 11 is 0. The minimum Gasteiger partial charge on any atom is -0.490 e. The van der Waals surface area contributed by atoms with Crippen molar-refractivity contribution in [1.82, 2.24) is 9.88 Å². The minimum absolute atomic E-state index is 0.135. The first-order valence-electron chi connectivity index (χ1n) is 11.0. The summed E-state index contributed by atoms with van der Waals surface area (Å²) in [5.41, 5.74) is 8.21. The predicted molar refractivity (Wildman–Crippen MR) is 121 cm³/mol. The lowest BCUT2D eigenvalue weighted by Gasteiger charge is -2.33. The van der Waals surface area contributed by atoms with Gasteiger partial charge in [-0.3, -0.25) is 4.79 Å². The van der Waals surface area contributed by atoms with Crippen molar-refractivity contribution < 1.29 is 14.3 Å². The highest BCUT2D eigenvalue weighted by Gasteiger charge is 2.31. The number of benzene rings is 2. The van der Waals surface area contributed by atoms with E-state index in [0.717, 1.165) is 66.4 Å². The van der Waals surface area contributed by atoms with E-state index in [9.17, 15) is 4.79 Å². The number of piperidine rings is 1. The SMILES string of the molecule is Nc1nccc2cc(-c3ccc(OC4CCN(C(=O)[C@H]5CCCO5)CC4)cc3)ccc12. The molecular formula is C25H27N3O3. The van der Waals surface area contributed by atoms with Crippen LogP contribution in [0.1, 0.15) is 25.7 Å². The summed E-state index contributed by atoms with van der Waals surface area (Å²) in [5, 5.41) is 2.05. The van der Waals surface area contributed by atoms with Crippen molar-refractivity contribution >= 4 is 22.5 Å². The Morgan fingerprint density at radius 3 is 2.55 bits per heavy atom. The summed E-state index contributed by atoms with van der Waals surface area (Å²) in [4.78, 5) is 18.6. The zero-order chi connectivity index (χ0) is 21.2. The molecule has 0 unspecified atom stereocenters. The third kappa shape index (κ3) is 4.21. The van der Waals surface area contributed by atoms with Crippen molar-refractivity contribution in [3.63, 3.8) is 0 Å². The van der Waals surface area contributed by atoms with Crippen LogP contribution in [-0.4, -0.2) is 47.7 Å². The Morgan fingerprint density at radius 1 is 1.03 bits per heavy atom. The first kappa shape index (κ1) is 19.8. The number of likely N-dealkylation sites (tertiary alicyclic amines) is 1. The summed E-state index contributed by atoms with van der Waals surface area (Å²) in [6.07, 6.45) is 5.17. The molecule has 2 aliphatic rings. The molecule has 1 amide bonds. The number of nitrogen functional groups attached to an aromatic ring is 1. The van der Waals surface area contributed by atoms with Crippen molar-refractivity contribution in [2.24, 2.45) is 0 Å². The summed E-state index contributed by atoms with van der Waals surface area (Å²) in [6, 6.07) is 16.4. The second-order valence-electron chi connectivity index (χ2n) is 8.30. The highest BCUT2D eigenvalue weighted by atomic mass is 16.5. The number of aromatic nitrogens is 1. The van der Waals surface area contributed by atoms with Crippen LogP contribution in [0.15, 0.2) is 54.7 Å². The molecule has 2 N–H and O–H groups in total. The number of carbonyl (C=O) groups is 1. The van der Waals surface area contributed by atoms with Gasteiger partial charge in [0.15, 0.2) is 0 Å². The molecule has 5 rings (SSSR count). The van der Waals surface area contributed by atoms with Crippen LogP contribution in [0.2, 0.25) is 0 Å². The van der Waals surface area contributed by atoms with E-state index in [1.54, 1.807) is 6.20 Å². The van der Waals surface area contributed by atoms with Crippen LogP contribution in [-0.2, 0) is 9.53 Å². The van der Waals surface area contributed by atoms with E-state index >= 15 is 0 Å². The third-order valence-electron chi connectivity index (χ3n) is 6.24. The van der Waals surface area contributed by atoms with Crippen LogP contribution in [0, 0.1) is 0 Å². The highest BCUT2D eigenvalue weighted by Crippen LogP contribution is 2.29. The van der Waals surface area contributed by atoms with Gasteiger partial charge in [0, 0.05) is 44.1 Å². The Hall–Kier alpha value is -3.12. The van der Waals surface area contributed by atoms with E-state index in [1.165, 1.54) is 0 Å². The summed E-state index contributed by atoms with van der Waals surface area (Å²) < 4.78 is 11.7.